The molecule has 0 radical (unpaired) electrons. The molecule has 2 unspecified atom stereocenters. The Labute approximate surface area is 124 Å². The van der Waals surface area contributed by atoms with Crippen molar-refractivity contribution in [3.05, 3.63) is 30.1 Å². The summed E-state index contributed by atoms with van der Waals surface area (Å²) in [6, 6.07) is 6.93. The number of halogens is 1. The molecular formula is C16H21FN2O2. The Kier molecular flexibility index (Phi) is 3.61. The molecule has 2 fully saturated rings. The first-order valence-corrected chi connectivity index (χ1v) is 7.38. The second kappa shape index (κ2) is 5.30. The molecule has 2 heterocycles. The third-order valence-corrected chi connectivity index (χ3v) is 4.96. The van der Waals surface area contributed by atoms with Crippen molar-refractivity contribution in [1.82, 2.24) is 4.90 Å². The van der Waals surface area contributed by atoms with Crippen LogP contribution >= 0.6 is 0 Å². The third-order valence-electron chi connectivity index (χ3n) is 4.96. The Balaban J connectivity index is 1.88. The minimum Gasteiger partial charge on any atom is -0.467 e. The molecule has 21 heavy (non-hydrogen) atoms. The summed E-state index contributed by atoms with van der Waals surface area (Å²) in [4.78, 5) is 14.8. The molecule has 2 atom stereocenters. The van der Waals surface area contributed by atoms with Gasteiger partial charge in [0, 0.05) is 17.8 Å². The summed E-state index contributed by atoms with van der Waals surface area (Å²) in [5, 5.41) is 3.33. The number of rotatable bonds is 3. The van der Waals surface area contributed by atoms with E-state index >= 15 is 0 Å². The van der Waals surface area contributed by atoms with E-state index in [9.17, 15) is 9.18 Å². The van der Waals surface area contributed by atoms with Gasteiger partial charge < -0.3 is 15.0 Å². The lowest BCUT2D eigenvalue weighted by atomic mass is 9.82. The molecule has 2 saturated heterocycles. The van der Waals surface area contributed by atoms with Crippen LogP contribution in [-0.2, 0) is 9.53 Å². The first-order valence-electron chi connectivity index (χ1n) is 7.38. The van der Waals surface area contributed by atoms with Crippen molar-refractivity contribution >= 4 is 11.7 Å². The van der Waals surface area contributed by atoms with E-state index in [0.29, 0.717) is 12.1 Å². The van der Waals surface area contributed by atoms with Gasteiger partial charge in [-0.2, -0.15) is 0 Å². The Hall–Kier alpha value is -1.62. The van der Waals surface area contributed by atoms with E-state index in [1.807, 2.05) is 0 Å². The number of methoxy groups -OCH3 is 1. The van der Waals surface area contributed by atoms with Crippen molar-refractivity contribution in [2.45, 2.75) is 43.3 Å². The minimum atomic E-state index is -0.703. The van der Waals surface area contributed by atoms with E-state index in [-0.39, 0.29) is 11.8 Å². The van der Waals surface area contributed by atoms with Crippen LogP contribution < -0.4 is 5.32 Å². The van der Waals surface area contributed by atoms with Gasteiger partial charge >= 0.3 is 5.97 Å². The van der Waals surface area contributed by atoms with Crippen LogP contribution in [-0.4, -0.2) is 42.6 Å². The van der Waals surface area contributed by atoms with Gasteiger partial charge in [-0.05, 0) is 57.0 Å². The van der Waals surface area contributed by atoms with E-state index in [2.05, 4.69) is 17.3 Å². The summed E-state index contributed by atoms with van der Waals surface area (Å²) in [5.74, 6) is -0.507. The molecule has 3 rings (SSSR count). The van der Waals surface area contributed by atoms with Crippen LogP contribution in [0.3, 0.4) is 0 Å². The molecule has 1 aromatic rings. The van der Waals surface area contributed by atoms with Crippen molar-refractivity contribution in [2.75, 3.05) is 19.5 Å². The van der Waals surface area contributed by atoms with Gasteiger partial charge in [0.1, 0.15) is 11.4 Å². The maximum Gasteiger partial charge on any atom is 0.331 e. The smallest absolute Gasteiger partial charge is 0.331 e. The second-order valence-electron chi connectivity index (χ2n) is 6.16. The van der Waals surface area contributed by atoms with Gasteiger partial charge in [-0.25, -0.2) is 9.18 Å². The predicted molar refractivity (Wildman–Crippen MR) is 78.6 cm³/mol. The number of anilines is 1. The number of hydrogen-bond donors (Lipinski definition) is 1. The average molecular weight is 292 g/mol. The number of hydrogen-bond acceptors (Lipinski definition) is 4. The molecule has 0 aromatic heterocycles. The second-order valence-corrected chi connectivity index (χ2v) is 6.16. The summed E-state index contributed by atoms with van der Waals surface area (Å²) in [6.07, 6.45) is 3.68. The highest BCUT2D eigenvalue weighted by Gasteiger charge is 2.51. The molecule has 0 saturated carbocycles. The summed E-state index contributed by atoms with van der Waals surface area (Å²) >= 11 is 0. The van der Waals surface area contributed by atoms with Crippen molar-refractivity contribution in [3.8, 4) is 0 Å². The summed E-state index contributed by atoms with van der Waals surface area (Å²) in [6.45, 7) is 0. The quantitative estimate of drug-likeness (QED) is 0.869. The molecule has 1 N–H and O–H groups in total. The molecule has 4 nitrogen and oxygen atoms in total. The molecule has 0 spiro atoms. The van der Waals surface area contributed by atoms with E-state index in [0.717, 1.165) is 31.4 Å². The molecule has 1 aromatic carbocycles. The number of fused-ring (bicyclic) bond motifs is 2. The van der Waals surface area contributed by atoms with E-state index < -0.39 is 5.54 Å². The van der Waals surface area contributed by atoms with Gasteiger partial charge in [-0.1, -0.05) is 0 Å². The number of carbonyl (C=O) groups is 1. The van der Waals surface area contributed by atoms with Crippen LogP contribution in [0.15, 0.2) is 24.3 Å². The third kappa shape index (κ3) is 2.50. The molecule has 0 aliphatic carbocycles. The summed E-state index contributed by atoms with van der Waals surface area (Å²) < 4.78 is 18.1. The molecule has 0 amide bonds. The Morgan fingerprint density at radius 3 is 2.38 bits per heavy atom. The highest BCUT2D eigenvalue weighted by molar-refractivity contribution is 5.85. The minimum absolute atomic E-state index is 0.225. The predicted octanol–water partition coefficient (Wildman–Crippen LogP) is 2.41. The van der Waals surface area contributed by atoms with Crippen LogP contribution in [0, 0.1) is 5.82 Å². The van der Waals surface area contributed by atoms with Gasteiger partial charge in [0.05, 0.1) is 7.11 Å². The zero-order chi connectivity index (χ0) is 15.0. The Bertz CT molecular complexity index is 518. The maximum absolute atomic E-state index is 13.0. The van der Waals surface area contributed by atoms with E-state index in [1.54, 1.807) is 12.1 Å². The van der Waals surface area contributed by atoms with Gasteiger partial charge in [-0.3, -0.25) is 0 Å². The highest BCUT2D eigenvalue weighted by atomic mass is 19.1. The molecule has 2 aliphatic heterocycles. The highest BCUT2D eigenvalue weighted by Crippen LogP contribution is 2.42. The van der Waals surface area contributed by atoms with Crippen molar-refractivity contribution in [1.29, 1.82) is 0 Å². The van der Waals surface area contributed by atoms with Crippen LogP contribution in [0.25, 0.3) is 0 Å². The molecule has 2 bridgehead atoms. The van der Waals surface area contributed by atoms with Gasteiger partial charge in [-0.15, -0.1) is 0 Å². The number of esters is 1. The van der Waals surface area contributed by atoms with Crippen molar-refractivity contribution < 1.29 is 13.9 Å². The molecule has 2 aliphatic rings. The number of piperidine rings is 1. The zero-order valence-electron chi connectivity index (χ0n) is 12.4. The lowest BCUT2D eigenvalue weighted by molar-refractivity contribution is -0.148. The van der Waals surface area contributed by atoms with E-state index in [4.69, 9.17) is 4.74 Å². The van der Waals surface area contributed by atoms with Gasteiger partial charge in [0.25, 0.3) is 0 Å². The van der Waals surface area contributed by atoms with Crippen LogP contribution in [0.4, 0.5) is 10.1 Å². The lowest BCUT2D eigenvalue weighted by Crippen LogP contribution is -2.58. The number of benzene rings is 1. The largest absolute Gasteiger partial charge is 0.467 e. The number of nitrogens with zero attached hydrogens (tertiary/aromatic N) is 1. The monoisotopic (exact) mass is 292 g/mol. The average Bonchev–Trinajstić information content (AvgIpc) is 2.72. The summed E-state index contributed by atoms with van der Waals surface area (Å²) in [5.41, 5.74) is 0.0519. The normalized spacial score (nSPS) is 32.0. The van der Waals surface area contributed by atoms with Crippen LogP contribution in [0.5, 0.6) is 0 Å². The molecular weight excluding hydrogens is 271 g/mol. The molecule has 114 valence electrons. The fourth-order valence-corrected chi connectivity index (χ4v) is 3.79. The van der Waals surface area contributed by atoms with Crippen molar-refractivity contribution in [3.63, 3.8) is 0 Å². The number of nitrogens with one attached hydrogen (secondary N) is 1. The first-order chi connectivity index (χ1) is 10.0. The zero-order valence-corrected chi connectivity index (χ0v) is 12.4. The summed E-state index contributed by atoms with van der Waals surface area (Å²) in [7, 11) is 3.55. The SMILES string of the molecule is COC(=O)C1(Nc2ccc(F)cc2)CC2CCC(C1)N2C. The Morgan fingerprint density at radius 2 is 1.86 bits per heavy atom. The number of carbonyl (C=O) groups excluding carboxylic acids is 1. The van der Waals surface area contributed by atoms with Gasteiger partial charge in [0.15, 0.2) is 0 Å². The fraction of sp³-hybridized carbons (Fsp3) is 0.562. The van der Waals surface area contributed by atoms with Crippen molar-refractivity contribution in [2.24, 2.45) is 0 Å². The topological polar surface area (TPSA) is 41.6 Å². The number of ether oxygens (including phenoxy) is 1. The standard InChI is InChI=1S/C16H21FN2O2/c1-19-13-7-8-14(19)10-16(9-13,15(20)21-2)18-12-5-3-11(17)4-6-12/h3-6,13-14,18H,7-10H2,1-2H3. The fourth-order valence-electron chi connectivity index (χ4n) is 3.79. The maximum atomic E-state index is 13.0. The van der Waals surface area contributed by atoms with Crippen LogP contribution in [0.2, 0.25) is 0 Å². The van der Waals surface area contributed by atoms with Gasteiger partial charge in [0.2, 0.25) is 0 Å². The van der Waals surface area contributed by atoms with E-state index in [1.165, 1.54) is 19.2 Å². The molecule has 5 heteroatoms. The Morgan fingerprint density at radius 1 is 1.29 bits per heavy atom. The first kappa shape index (κ1) is 14.3. The lowest BCUT2D eigenvalue weighted by Gasteiger charge is -2.44. The van der Waals surface area contributed by atoms with Crippen LogP contribution in [0.1, 0.15) is 25.7 Å².